The number of aromatic nitrogens is 2. The molecular formula is C16H19ClN4O2. The molecule has 0 radical (unpaired) electrons. The molecule has 1 atom stereocenters. The number of benzene rings is 1. The molecule has 23 heavy (non-hydrogen) atoms. The molecule has 0 fully saturated rings. The number of amides is 1. The van der Waals surface area contributed by atoms with E-state index in [0.29, 0.717) is 23.0 Å². The molecule has 0 saturated carbocycles. The summed E-state index contributed by atoms with van der Waals surface area (Å²) in [4.78, 5) is 22.5. The average Bonchev–Trinajstić information content (AvgIpc) is 2.55. The van der Waals surface area contributed by atoms with Crippen LogP contribution in [0.3, 0.4) is 0 Å². The summed E-state index contributed by atoms with van der Waals surface area (Å²) in [5.74, 6) is 0.440. The van der Waals surface area contributed by atoms with Gasteiger partial charge in [-0.15, -0.1) is 0 Å². The van der Waals surface area contributed by atoms with Crippen LogP contribution >= 0.6 is 11.6 Å². The first-order chi connectivity index (χ1) is 11.0. The summed E-state index contributed by atoms with van der Waals surface area (Å²) < 4.78 is 5.09. The summed E-state index contributed by atoms with van der Waals surface area (Å²) >= 11 is 6.06. The van der Waals surface area contributed by atoms with Crippen molar-refractivity contribution in [2.24, 2.45) is 0 Å². The van der Waals surface area contributed by atoms with E-state index in [0.717, 1.165) is 5.69 Å². The first-order valence-electron chi connectivity index (χ1n) is 7.10. The average molecular weight is 335 g/mol. The highest BCUT2D eigenvalue weighted by Gasteiger charge is 2.19. The van der Waals surface area contributed by atoms with Gasteiger partial charge in [-0.2, -0.15) is 0 Å². The Balaban J connectivity index is 1.98. The Hall–Kier alpha value is -2.18. The minimum absolute atomic E-state index is 0.127. The van der Waals surface area contributed by atoms with Gasteiger partial charge in [0.15, 0.2) is 0 Å². The predicted octanol–water partition coefficient (Wildman–Crippen LogP) is 2.60. The lowest BCUT2D eigenvalue weighted by molar-refractivity contribution is -0.120. The number of carbonyl (C=O) groups excluding carboxylic acids is 1. The maximum atomic E-state index is 12.3. The lowest BCUT2D eigenvalue weighted by Gasteiger charge is -2.23. The lowest BCUT2D eigenvalue weighted by Crippen LogP contribution is -2.39. The summed E-state index contributed by atoms with van der Waals surface area (Å²) in [5, 5.41) is 3.29. The lowest BCUT2D eigenvalue weighted by atomic mass is 10.2. The molecule has 122 valence electrons. The number of anilines is 1. The van der Waals surface area contributed by atoms with Gasteiger partial charge in [0.25, 0.3) is 0 Å². The standard InChI is InChI=1S/C16H19ClN4O2/c1-11(21(2)10-13-9-18-6-7-19-13)16(22)20-12-4-5-15(23-3)14(17)8-12/h4-9,11H,10H2,1-3H3,(H,20,22)/t11-/m1/s1. The molecule has 0 aliphatic rings. The van der Waals surface area contributed by atoms with Crippen LogP contribution < -0.4 is 10.1 Å². The molecule has 0 bridgehead atoms. The number of hydrogen-bond acceptors (Lipinski definition) is 5. The zero-order valence-corrected chi connectivity index (χ0v) is 14.0. The number of nitrogens with zero attached hydrogens (tertiary/aromatic N) is 3. The fourth-order valence-electron chi connectivity index (χ4n) is 2.00. The van der Waals surface area contributed by atoms with Crippen LogP contribution in [0.1, 0.15) is 12.6 Å². The molecule has 1 amide bonds. The number of carbonyl (C=O) groups is 1. The van der Waals surface area contributed by atoms with E-state index in [9.17, 15) is 4.79 Å². The zero-order chi connectivity index (χ0) is 16.8. The summed E-state index contributed by atoms with van der Waals surface area (Å²) in [6, 6.07) is 4.79. The molecule has 1 aromatic heterocycles. The van der Waals surface area contributed by atoms with Gasteiger partial charge in [-0.05, 0) is 32.2 Å². The van der Waals surface area contributed by atoms with Crippen molar-refractivity contribution in [1.29, 1.82) is 0 Å². The fraction of sp³-hybridized carbons (Fsp3) is 0.312. The summed E-state index contributed by atoms with van der Waals surface area (Å²) in [6.45, 7) is 2.36. The Kier molecular flexibility index (Phi) is 5.90. The van der Waals surface area contributed by atoms with E-state index in [1.807, 2.05) is 18.9 Å². The van der Waals surface area contributed by atoms with E-state index in [1.54, 1.807) is 43.9 Å². The van der Waals surface area contributed by atoms with E-state index >= 15 is 0 Å². The maximum Gasteiger partial charge on any atom is 0.241 e. The first kappa shape index (κ1) is 17.2. The third kappa shape index (κ3) is 4.64. The van der Waals surface area contributed by atoms with Gasteiger partial charge in [0.05, 0.1) is 23.9 Å². The smallest absolute Gasteiger partial charge is 0.241 e. The highest BCUT2D eigenvalue weighted by molar-refractivity contribution is 6.32. The molecule has 2 aromatic rings. The van der Waals surface area contributed by atoms with Crippen molar-refractivity contribution >= 4 is 23.2 Å². The van der Waals surface area contributed by atoms with Crippen molar-refractivity contribution in [2.45, 2.75) is 19.5 Å². The summed E-state index contributed by atoms with van der Waals surface area (Å²) in [7, 11) is 3.41. The second-order valence-electron chi connectivity index (χ2n) is 5.13. The summed E-state index contributed by atoms with van der Waals surface area (Å²) in [6.07, 6.45) is 4.94. The van der Waals surface area contributed by atoms with E-state index in [4.69, 9.17) is 16.3 Å². The third-order valence-corrected chi connectivity index (χ3v) is 3.78. The second kappa shape index (κ2) is 7.89. The number of rotatable bonds is 6. The van der Waals surface area contributed by atoms with Crippen LogP contribution in [0.4, 0.5) is 5.69 Å². The molecular weight excluding hydrogens is 316 g/mol. The Morgan fingerprint density at radius 2 is 2.22 bits per heavy atom. The molecule has 7 heteroatoms. The Labute approximate surface area is 140 Å². The van der Waals surface area contributed by atoms with Crippen molar-refractivity contribution in [3.63, 3.8) is 0 Å². The number of nitrogens with one attached hydrogen (secondary N) is 1. The van der Waals surface area contributed by atoms with Gasteiger partial charge < -0.3 is 10.1 Å². The van der Waals surface area contributed by atoms with E-state index < -0.39 is 0 Å². The largest absolute Gasteiger partial charge is 0.495 e. The van der Waals surface area contributed by atoms with Crippen LogP contribution in [0.15, 0.2) is 36.8 Å². The van der Waals surface area contributed by atoms with Crippen molar-refractivity contribution in [3.8, 4) is 5.75 Å². The Morgan fingerprint density at radius 3 is 2.83 bits per heavy atom. The van der Waals surface area contributed by atoms with Crippen LogP contribution in [-0.4, -0.2) is 41.0 Å². The van der Waals surface area contributed by atoms with Crippen molar-refractivity contribution < 1.29 is 9.53 Å². The van der Waals surface area contributed by atoms with E-state index in [1.165, 1.54) is 0 Å². The van der Waals surface area contributed by atoms with Crippen LogP contribution in [-0.2, 0) is 11.3 Å². The fourth-order valence-corrected chi connectivity index (χ4v) is 2.25. The van der Waals surface area contributed by atoms with Gasteiger partial charge in [-0.25, -0.2) is 0 Å². The number of halogens is 1. The van der Waals surface area contributed by atoms with Gasteiger partial charge in [0.1, 0.15) is 5.75 Å². The van der Waals surface area contributed by atoms with Crippen molar-refractivity contribution in [1.82, 2.24) is 14.9 Å². The van der Waals surface area contributed by atoms with Gasteiger partial charge in [0.2, 0.25) is 5.91 Å². The van der Waals surface area contributed by atoms with E-state index in [2.05, 4.69) is 15.3 Å². The van der Waals surface area contributed by atoms with E-state index in [-0.39, 0.29) is 11.9 Å². The van der Waals surface area contributed by atoms with Gasteiger partial charge in [-0.1, -0.05) is 11.6 Å². The molecule has 1 N–H and O–H groups in total. The summed E-state index contributed by atoms with van der Waals surface area (Å²) in [5.41, 5.74) is 1.43. The molecule has 1 aromatic carbocycles. The van der Waals surface area contributed by atoms with Gasteiger partial charge in [0, 0.05) is 30.8 Å². The van der Waals surface area contributed by atoms with Crippen LogP contribution in [0.5, 0.6) is 5.75 Å². The predicted molar refractivity (Wildman–Crippen MR) is 89.6 cm³/mol. The molecule has 0 aliphatic carbocycles. The third-order valence-electron chi connectivity index (χ3n) is 3.49. The van der Waals surface area contributed by atoms with Gasteiger partial charge >= 0.3 is 0 Å². The Morgan fingerprint density at radius 1 is 1.43 bits per heavy atom. The van der Waals surface area contributed by atoms with Gasteiger partial charge in [-0.3, -0.25) is 19.7 Å². The minimum atomic E-state index is -0.335. The van der Waals surface area contributed by atoms with Crippen molar-refractivity contribution in [3.05, 3.63) is 47.5 Å². The second-order valence-corrected chi connectivity index (χ2v) is 5.53. The topological polar surface area (TPSA) is 67.3 Å². The molecule has 0 unspecified atom stereocenters. The monoisotopic (exact) mass is 334 g/mol. The number of likely N-dealkylation sites (N-methyl/N-ethyl adjacent to an activating group) is 1. The molecule has 0 saturated heterocycles. The molecule has 6 nitrogen and oxygen atoms in total. The number of hydrogen-bond donors (Lipinski definition) is 1. The quantitative estimate of drug-likeness (QED) is 0.879. The SMILES string of the molecule is COc1ccc(NC(=O)[C@@H](C)N(C)Cc2cnccn2)cc1Cl. The molecule has 0 aliphatic heterocycles. The van der Waals surface area contributed by atoms with Crippen LogP contribution in [0, 0.1) is 0 Å². The normalized spacial score (nSPS) is 12.0. The number of ether oxygens (including phenoxy) is 1. The molecule has 2 rings (SSSR count). The van der Waals surface area contributed by atoms with Crippen LogP contribution in [0.2, 0.25) is 5.02 Å². The van der Waals surface area contributed by atoms with Crippen molar-refractivity contribution in [2.75, 3.05) is 19.5 Å². The molecule has 0 spiro atoms. The molecule has 1 heterocycles. The maximum absolute atomic E-state index is 12.3. The first-order valence-corrected chi connectivity index (χ1v) is 7.48. The zero-order valence-electron chi connectivity index (χ0n) is 13.3. The number of methoxy groups -OCH3 is 1. The van der Waals surface area contributed by atoms with Crippen LogP contribution in [0.25, 0.3) is 0 Å². The highest BCUT2D eigenvalue weighted by Crippen LogP contribution is 2.27. The Bertz CT molecular complexity index is 666. The highest BCUT2D eigenvalue weighted by atomic mass is 35.5. The minimum Gasteiger partial charge on any atom is -0.495 e.